The first-order chi connectivity index (χ1) is 32.5. The maximum atomic E-state index is 13.0. The van der Waals surface area contributed by atoms with Crippen molar-refractivity contribution in [2.24, 2.45) is 0 Å². The van der Waals surface area contributed by atoms with Crippen LogP contribution in [0.25, 0.3) is 0 Å². The van der Waals surface area contributed by atoms with Crippen LogP contribution in [0.15, 0.2) is 36.5 Å². The lowest BCUT2D eigenvalue weighted by molar-refractivity contribution is -0.870. The molecule has 0 aromatic carbocycles. The highest BCUT2D eigenvalue weighted by Gasteiger charge is 2.27. The first-order valence-corrected chi connectivity index (χ1v) is 30.4. The largest absolute Gasteiger partial charge is 0.472 e. The highest BCUT2D eigenvalue weighted by atomic mass is 31.2. The SMILES string of the molecule is CCCCCCCCCCC/C=C\C/C=C\CCCCCCCCCCCCCCCC(=O)NC(COP(=O)(O)OCC[N+](C)(C)C)C(O)/C=C/CCCCCCCCCCCCCCCC. The number of unbranched alkanes of at least 4 members (excludes halogenated alkanes) is 36. The van der Waals surface area contributed by atoms with Crippen molar-refractivity contribution < 1.29 is 32.9 Å². The number of aliphatic hydroxyl groups excluding tert-OH is 1. The van der Waals surface area contributed by atoms with Crippen LogP contribution in [0.2, 0.25) is 0 Å². The van der Waals surface area contributed by atoms with E-state index in [1.54, 1.807) is 6.08 Å². The van der Waals surface area contributed by atoms with Gasteiger partial charge in [-0.2, -0.15) is 0 Å². The van der Waals surface area contributed by atoms with Gasteiger partial charge in [0.1, 0.15) is 13.2 Å². The van der Waals surface area contributed by atoms with Crippen LogP contribution in [0.4, 0.5) is 0 Å². The minimum absolute atomic E-state index is 0.0621. The van der Waals surface area contributed by atoms with E-state index < -0.39 is 20.0 Å². The molecule has 67 heavy (non-hydrogen) atoms. The van der Waals surface area contributed by atoms with E-state index >= 15 is 0 Å². The lowest BCUT2D eigenvalue weighted by atomic mass is 10.0. The Morgan fingerprint density at radius 1 is 0.507 bits per heavy atom. The fourth-order valence-corrected chi connectivity index (χ4v) is 9.28. The summed E-state index contributed by atoms with van der Waals surface area (Å²) in [7, 11) is 1.58. The molecule has 0 aromatic rings. The number of rotatable bonds is 53. The molecule has 0 aliphatic rings. The van der Waals surface area contributed by atoms with E-state index in [0.717, 1.165) is 44.9 Å². The maximum Gasteiger partial charge on any atom is 0.472 e. The maximum absolute atomic E-state index is 13.0. The number of phosphoric ester groups is 1. The van der Waals surface area contributed by atoms with Crippen molar-refractivity contribution in [2.75, 3.05) is 40.9 Å². The fraction of sp³-hybridized carbons (Fsp3) is 0.879. The third-order valence-corrected chi connectivity index (χ3v) is 14.1. The van der Waals surface area contributed by atoms with Gasteiger partial charge in [-0.05, 0) is 51.4 Å². The van der Waals surface area contributed by atoms with E-state index in [1.807, 2.05) is 27.2 Å². The van der Waals surface area contributed by atoms with Crippen molar-refractivity contribution in [1.82, 2.24) is 5.32 Å². The number of quaternary nitrogens is 1. The number of allylic oxidation sites excluding steroid dienone is 5. The van der Waals surface area contributed by atoms with Crippen LogP contribution >= 0.6 is 7.82 Å². The summed E-state index contributed by atoms with van der Waals surface area (Å²) in [6.07, 6.45) is 63.9. The molecule has 0 aliphatic carbocycles. The first kappa shape index (κ1) is 65.7. The van der Waals surface area contributed by atoms with Gasteiger partial charge in [-0.1, -0.05) is 256 Å². The van der Waals surface area contributed by atoms with Crippen molar-refractivity contribution in [1.29, 1.82) is 0 Å². The Labute approximate surface area is 417 Å². The molecule has 9 heteroatoms. The van der Waals surface area contributed by atoms with E-state index in [1.165, 1.54) is 212 Å². The molecule has 3 unspecified atom stereocenters. The van der Waals surface area contributed by atoms with Crippen LogP contribution in [-0.4, -0.2) is 73.4 Å². The monoisotopic (exact) mass is 966 g/mol. The number of amides is 1. The van der Waals surface area contributed by atoms with Crippen molar-refractivity contribution in [2.45, 2.75) is 289 Å². The molecule has 3 atom stereocenters. The smallest absolute Gasteiger partial charge is 0.387 e. The number of likely N-dealkylation sites (N-methyl/N-ethyl adjacent to an activating group) is 1. The highest BCUT2D eigenvalue weighted by Crippen LogP contribution is 2.43. The standard InChI is InChI=1S/C58H113N2O6P/c1-6-8-10-12-14-16-18-20-22-24-25-26-27-28-29-30-31-32-33-34-35-36-38-40-42-44-46-48-50-52-58(62)59-56(55-66-67(63,64)65-54-53-60(3,4)5)57(61)51-49-47-45-43-41-39-37-23-21-19-17-15-13-11-9-7-2/h25-26,28-29,49,51,56-57,61H,6-24,27,30-48,50,52-55H2,1-5H3,(H-,59,62,63,64)/p+1/b26-25-,29-28-,51-49+. The highest BCUT2D eigenvalue weighted by molar-refractivity contribution is 7.47. The van der Waals surface area contributed by atoms with E-state index in [4.69, 9.17) is 9.05 Å². The molecular formula is C58H114N2O6P+. The van der Waals surface area contributed by atoms with E-state index in [0.29, 0.717) is 17.4 Å². The Morgan fingerprint density at radius 3 is 1.22 bits per heavy atom. The van der Waals surface area contributed by atoms with E-state index in [9.17, 15) is 19.4 Å². The minimum atomic E-state index is -4.34. The summed E-state index contributed by atoms with van der Waals surface area (Å²) >= 11 is 0. The van der Waals surface area contributed by atoms with Gasteiger partial charge in [-0.25, -0.2) is 4.57 Å². The van der Waals surface area contributed by atoms with Crippen LogP contribution in [0, 0.1) is 0 Å². The molecule has 0 aromatic heterocycles. The number of hydrogen-bond donors (Lipinski definition) is 3. The second-order valence-corrected chi connectivity index (χ2v) is 22.5. The number of nitrogens with one attached hydrogen (secondary N) is 1. The van der Waals surface area contributed by atoms with E-state index in [-0.39, 0.29) is 19.1 Å². The molecule has 3 N–H and O–H groups in total. The molecule has 396 valence electrons. The topological polar surface area (TPSA) is 105 Å². The molecule has 0 radical (unpaired) electrons. The van der Waals surface area contributed by atoms with Crippen molar-refractivity contribution in [3.63, 3.8) is 0 Å². The predicted molar refractivity (Wildman–Crippen MR) is 291 cm³/mol. The Bertz CT molecular complexity index is 1190. The molecule has 0 fully saturated rings. The third-order valence-electron chi connectivity index (χ3n) is 13.1. The molecule has 0 aliphatic heterocycles. The van der Waals surface area contributed by atoms with Gasteiger partial charge in [-0.15, -0.1) is 0 Å². The Morgan fingerprint density at radius 2 is 0.851 bits per heavy atom. The zero-order chi connectivity index (χ0) is 49.2. The van der Waals surface area contributed by atoms with Gasteiger partial charge in [0.2, 0.25) is 5.91 Å². The Kier molecular flexibility index (Phi) is 48.7. The number of carbonyl (C=O) groups is 1. The summed E-state index contributed by atoms with van der Waals surface area (Å²) in [4.78, 5) is 23.3. The predicted octanol–water partition coefficient (Wildman–Crippen LogP) is 17.4. The molecule has 1 amide bonds. The molecule has 0 spiro atoms. The number of hydrogen-bond acceptors (Lipinski definition) is 5. The van der Waals surface area contributed by atoms with Gasteiger partial charge in [0.15, 0.2) is 0 Å². The van der Waals surface area contributed by atoms with Crippen molar-refractivity contribution in [3.8, 4) is 0 Å². The summed E-state index contributed by atoms with van der Waals surface area (Å²) in [5.74, 6) is -0.175. The molecule has 8 nitrogen and oxygen atoms in total. The van der Waals surface area contributed by atoms with Crippen LogP contribution in [0.1, 0.15) is 277 Å². The summed E-state index contributed by atoms with van der Waals surface area (Å²) < 4.78 is 23.7. The zero-order valence-electron chi connectivity index (χ0n) is 45.2. The first-order valence-electron chi connectivity index (χ1n) is 28.9. The normalized spacial score (nSPS) is 14.2. The summed E-state index contributed by atoms with van der Waals surface area (Å²) in [6.45, 7) is 4.84. The molecule has 0 rings (SSSR count). The molecule has 0 bridgehead atoms. The van der Waals surface area contributed by atoms with Gasteiger partial charge in [0.25, 0.3) is 0 Å². The minimum Gasteiger partial charge on any atom is -0.387 e. The van der Waals surface area contributed by atoms with Gasteiger partial charge >= 0.3 is 7.82 Å². The Balaban J connectivity index is 4.13. The van der Waals surface area contributed by atoms with Gasteiger partial charge in [0.05, 0.1) is 39.9 Å². The van der Waals surface area contributed by atoms with Gasteiger partial charge < -0.3 is 19.8 Å². The van der Waals surface area contributed by atoms with Crippen LogP contribution < -0.4 is 5.32 Å². The van der Waals surface area contributed by atoms with Crippen LogP contribution in [-0.2, 0) is 18.4 Å². The zero-order valence-corrected chi connectivity index (χ0v) is 46.0. The lowest BCUT2D eigenvalue weighted by Gasteiger charge is -2.25. The number of aliphatic hydroxyl groups is 1. The van der Waals surface area contributed by atoms with Gasteiger partial charge in [-0.3, -0.25) is 13.8 Å². The number of nitrogens with zero attached hydrogens (tertiary/aromatic N) is 1. The number of phosphoric acid groups is 1. The average Bonchev–Trinajstić information content (AvgIpc) is 3.29. The fourth-order valence-electron chi connectivity index (χ4n) is 8.54. The molecule has 0 saturated carbocycles. The average molecular weight is 967 g/mol. The molecular weight excluding hydrogens is 852 g/mol. The van der Waals surface area contributed by atoms with Crippen LogP contribution in [0.5, 0.6) is 0 Å². The number of carbonyl (C=O) groups excluding carboxylic acids is 1. The summed E-state index contributed by atoms with van der Waals surface area (Å²) in [5, 5.41) is 13.9. The molecule has 0 heterocycles. The summed E-state index contributed by atoms with van der Waals surface area (Å²) in [5.41, 5.74) is 0. The van der Waals surface area contributed by atoms with Crippen LogP contribution in [0.3, 0.4) is 0 Å². The lowest BCUT2D eigenvalue weighted by Crippen LogP contribution is -2.45. The third kappa shape index (κ3) is 52.4. The van der Waals surface area contributed by atoms with Crippen molar-refractivity contribution in [3.05, 3.63) is 36.5 Å². The summed E-state index contributed by atoms with van der Waals surface area (Å²) in [6, 6.07) is -0.846. The second kappa shape index (κ2) is 49.7. The second-order valence-electron chi connectivity index (χ2n) is 21.0. The Hall–Kier alpha value is -1.28. The van der Waals surface area contributed by atoms with Crippen molar-refractivity contribution >= 4 is 13.7 Å². The molecule has 0 saturated heterocycles. The van der Waals surface area contributed by atoms with E-state index in [2.05, 4.69) is 43.5 Å². The van der Waals surface area contributed by atoms with Gasteiger partial charge in [0, 0.05) is 6.42 Å². The quantitative estimate of drug-likeness (QED) is 0.0243.